The number of nitrogens with one attached hydrogen (secondary N) is 1. The fourth-order valence-electron chi connectivity index (χ4n) is 3.81. The number of rotatable bonds is 3. The summed E-state index contributed by atoms with van der Waals surface area (Å²) in [5.74, 6) is -1.37. The smallest absolute Gasteiger partial charge is 0.276 e. The maximum Gasteiger partial charge on any atom is 0.276 e. The van der Waals surface area contributed by atoms with Crippen LogP contribution in [0.3, 0.4) is 0 Å². The highest BCUT2D eigenvalue weighted by molar-refractivity contribution is 6.05. The number of hydrogen-bond donors (Lipinski definition) is 2. The molecule has 8 heteroatoms. The third kappa shape index (κ3) is 2.48. The van der Waals surface area contributed by atoms with Crippen LogP contribution in [0.2, 0.25) is 0 Å². The molecular weight excluding hydrogens is 354 g/mol. The molecule has 6 nitrogen and oxygen atoms in total. The van der Waals surface area contributed by atoms with Gasteiger partial charge in [0.2, 0.25) is 0 Å². The van der Waals surface area contributed by atoms with Gasteiger partial charge in [0.1, 0.15) is 11.5 Å². The predicted molar refractivity (Wildman–Crippen MR) is 91.9 cm³/mol. The van der Waals surface area contributed by atoms with Gasteiger partial charge in [0.05, 0.1) is 17.6 Å². The Hall–Kier alpha value is -3.29. The van der Waals surface area contributed by atoms with Crippen molar-refractivity contribution in [2.45, 2.75) is 18.8 Å². The fourth-order valence-corrected chi connectivity index (χ4v) is 3.81. The summed E-state index contributed by atoms with van der Waals surface area (Å²) < 4.78 is 29.0. The average Bonchev–Trinajstić information content (AvgIpc) is 3.14. The first kappa shape index (κ1) is 15.9. The third-order valence-electron chi connectivity index (χ3n) is 5.16. The molecule has 2 aliphatic carbocycles. The molecule has 1 aromatic carbocycles. The van der Waals surface area contributed by atoms with Crippen LogP contribution in [-0.4, -0.2) is 25.8 Å². The summed E-state index contributed by atoms with van der Waals surface area (Å²) in [6.07, 6.45) is 4.35. The Morgan fingerprint density at radius 1 is 1.30 bits per heavy atom. The molecule has 0 bridgehead atoms. The summed E-state index contributed by atoms with van der Waals surface area (Å²) in [6.45, 7) is 0. The number of aromatic hydroxyl groups is 1. The van der Waals surface area contributed by atoms with Crippen LogP contribution in [0.25, 0.3) is 5.69 Å². The van der Waals surface area contributed by atoms with E-state index in [4.69, 9.17) is 0 Å². The highest BCUT2D eigenvalue weighted by Gasteiger charge is 2.50. The van der Waals surface area contributed by atoms with E-state index in [0.29, 0.717) is 12.3 Å². The molecule has 2 heterocycles. The molecule has 5 rings (SSSR count). The van der Waals surface area contributed by atoms with Gasteiger partial charge in [0.15, 0.2) is 17.3 Å². The standard InChI is InChI=1S/C19H14F2N4O2/c20-10-1-2-15(13(21)7-10)25-18-11-5-9(11)6-12(18)17(24-25)19(27)23-14-3-4-22-8-16(14)26/h1-4,7-9,11,26H,5-6H2,(H,22,23,27)/t9-,11-/m0/s1. The topological polar surface area (TPSA) is 80.0 Å². The summed E-state index contributed by atoms with van der Waals surface area (Å²) >= 11 is 0. The summed E-state index contributed by atoms with van der Waals surface area (Å²) in [6, 6.07) is 4.77. The molecule has 2 N–H and O–H groups in total. The van der Waals surface area contributed by atoms with Crippen molar-refractivity contribution in [3.8, 4) is 11.4 Å². The van der Waals surface area contributed by atoms with Gasteiger partial charge in [-0.3, -0.25) is 9.78 Å². The lowest BCUT2D eigenvalue weighted by Gasteiger charge is -2.07. The molecule has 0 saturated heterocycles. The summed E-state index contributed by atoms with van der Waals surface area (Å²) in [7, 11) is 0. The van der Waals surface area contributed by atoms with E-state index < -0.39 is 17.5 Å². The van der Waals surface area contributed by atoms with Crippen molar-refractivity contribution in [1.82, 2.24) is 14.8 Å². The van der Waals surface area contributed by atoms with Crippen LogP contribution >= 0.6 is 0 Å². The lowest BCUT2D eigenvalue weighted by molar-refractivity contribution is 0.102. The molecular formula is C19H14F2N4O2. The molecule has 1 amide bonds. The SMILES string of the molecule is O=C(Nc1ccncc1O)c1nn(-c2ccc(F)cc2F)c2c1C[C@@H]1C[C@H]21. The Morgan fingerprint density at radius 2 is 2.15 bits per heavy atom. The second-order valence-corrected chi connectivity index (χ2v) is 6.87. The minimum Gasteiger partial charge on any atom is -0.504 e. The second-order valence-electron chi connectivity index (χ2n) is 6.87. The lowest BCUT2D eigenvalue weighted by Crippen LogP contribution is -2.15. The van der Waals surface area contributed by atoms with Crippen molar-refractivity contribution in [3.63, 3.8) is 0 Å². The molecule has 1 fully saturated rings. The Bertz CT molecular complexity index is 1100. The predicted octanol–water partition coefficient (Wildman–Crippen LogP) is 3.16. The fraction of sp³-hybridized carbons (Fsp3) is 0.211. The molecule has 136 valence electrons. The van der Waals surface area contributed by atoms with Crippen LogP contribution < -0.4 is 5.32 Å². The summed E-state index contributed by atoms with van der Waals surface area (Å²) in [5, 5.41) is 16.8. The Balaban J connectivity index is 1.58. The zero-order valence-corrected chi connectivity index (χ0v) is 14.0. The van der Waals surface area contributed by atoms with E-state index in [0.717, 1.165) is 23.7 Å². The molecule has 0 radical (unpaired) electrons. The number of carbonyl (C=O) groups excluding carboxylic acids is 1. The van der Waals surface area contributed by atoms with Crippen LogP contribution in [0.1, 0.15) is 34.1 Å². The molecule has 1 saturated carbocycles. The van der Waals surface area contributed by atoms with Crippen molar-refractivity contribution >= 4 is 11.6 Å². The molecule has 0 spiro atoms. The van der Waals surface area contributed by atoms with Crippen LogP contribution in [0.5, 0.6) is 5.75 Å². The van der Waals surface area contributed by atoms with Crippen molar-refractivity contribution in [3.05, 3.63) is 65.2 Å². The zero-order chi connectivity index (χ0) is 18.7. The van der Waals surface area contributed by atoms with Gasteiger partial charge in [-0.1, -0.05) is 0 Å². The zero-order valence-electron chi connectivity index (χ0n) is 14.0. The van der Waals surface area contributed by atoms with E-state index in [1.54, 1.807) is 0 Å². The maximum atomic E-state index is 14.3. The number of fused-ring (bicyclic) bond motifs is 3. The van der Waals surface area contributed by atoms with Crippen LogP contribution in [0, 0.1) is 17.6 Å². The van der Waals surface area contributed by atoms with Crippen LogP contribution in [0.4, 0.5) is 14.5 Å². The highest BCUT2D eigenvalue weighted by Crippen LogP contribution is 2.57. The number of benzene rings is 1. The maximum absolute atomic E-state index is 14.3. The van der Waals surface area contributed by atoms with E-state index >= 15 is 0 Å². The van der Waals surface area contributed by atoms with E-state index in [-0.39, 0.29) is 28.7 Å². The van der Waals surface area contributed by atoms with E-state index in [1.165, 1.54) is 35.3 Å². The molecule has 0 aliphatic heterocycles. The Labute approximate surface area is 152 Å². The number of halogens is 2. The van der Waals surface area contributed by atoms with E-state index in [9.17, 15) is 18.7 Å². The first-order valence-electron chi connectivity index (χ1n) is 8.54. The van der Waals surface area contributed by atoms with E-state index in [2.05, 4.69) is 15.4 Å². The first-order chi connectivity index (χ1) is 13.0. The summed E-state index contributed by atoms with van der Waals surface area (Å²) in [5.41, 5.74) is 2.12. The van der Waals surface area contributed by atoms with Crippen molar-refractivity contribution in [2.75, 3.05) is 5.32 Å². The average molecular weight is 368 g/mol. The molecule has 2 aromatic heterocycles. The quantitative estimate of drug-likeness (QED) is 0.744. The second kappa shape index (κ2) is 5.60. The van der Waals surface area contributed by atoms with Gasteiger partial charge in [-0.2, -0.15) is 5.10 Å². The number of aromatic nitrogens is 3. The number of amides is 1. The van der Waals surface area contributed by atoms with Gasteiger partial charge in [-0.05, 0) is 37.0 Å². The number of carbonyl (C=O) groups is 1. The molecule has 27 heavy (non-hydrogen) atoms. The lowest BCUT2D eigenvalue weighted by atomic mass is 10.1. The van der Waals surface area contributed by atoms with Crippen molar-refractivity contribution in [1.29, 1.82) is 0 Å². The van der Waals surface area contributed by atoms with Crippen molar-refractivity contribution in [2.24, 2.45) is 5.92 Å². The van der Waals surface area contributed by atoms with Gasteiger partial charge in [-0.25, -0.2) is 13.5 Å². The summed E-state index contributed by atoms with van der Waals surface area (Å²) in [4.78, 5) is 16.5. The number of pyridine rings is 1. The monoisotopic (exact) mass is 368 g/mol. The van der Waals surface area contributed by atoms with Crippen LogP contribution in [-0.2, 0) is 6.42 Å². The van der Waals surface area contributed by atoms with Gasteiger partial charge in [0, 0.05) is 23.7 Å². The number of hydrogen-bond acceptors (Lipinski definition) is 4. The third-order valence-corrected chi connectivity index (χ3v) is 5.16. The number of anilines is 1. The molecule has 3 aromatic rings. The minimum absolute atomic E-state index is 0.117. The normalized spacial score (nSPS) is 19.5. The Morgan fingerprint density at radius 3 is 2.93 bits per heavy atom. The largest absolute Gasteiger partial charge is 0.504 e. The number of nitrogens with zero attached hydrogens (tertiary/aromatic N) is 3. The van der Waals surface area contributed by atoms with Crippen molar-refractivity contribution < 1.29 is 18.7 Å². The van der Waals surface area contributed by atoms with E-state index in [1.807, 2.05) is 0 Å². The van der Waals surface area contributed by atoms with Gasteiger partial charge >= 0.3 is 0 Å². The van der Waals surface area contributed by atoms with Gasteiger partial charge in [-0.15, -0.1) is 0 Å². The highest BCUT2D eigenvalue weighted by atomic mass is 19.1. The molecule has 0 unspecified atom stereocenters. The molecule has 2 aliphatic rings. The van der Waals surface area contributed by atoms with Gasteiger partial charge < -0.3 is 10.4 Å². The van der Waals surface area contributed by atoms with Gasteiger partial charge in [0.25, 0.3) is 5.91 Å². The minimum atomic E-state index is -0.733. The molecule has 2 atom stereocenters. The van der Waals surface area contributed by atoms with Crippen LogP contribution in [0.15, 0.2) is 36.7 Å². The first-order valence-corrected chi connectivity index (χ1v) is 8.54. The Kier molecular flexibility index (Phi) is 3.30.